The Hall–Kier alpha value is -2.04. The average Bonchev–Trinajstić information content (AvgIpc) is 3.28. The zero-order valence-corrected chi connectivity index (χ0v) is 11.0. The molecule has 0 radical (unpaired) electrons. The van der Waals surface area contributed by atoms with E-state index in [1.807, 2.05) is 0 Å². The van der Waals surface area contributed by atoms with Crippen LogP contribution < -0.4 is 9.47 Å². The van der Waals surface area contributed by atoms with Gasteiger partial charge < -0.3 is 14.2 Å². The van der Waals surface area contributed by atoms with Gasteiger partial charge in [0.2, 0.25) is 5.78 Å². The zero-order chi connectivity index (χ0) is 13.8. The van der Waals surface area contributed by atoms with Crippen molar-refractivity contribution >= 4 is 11.8 Å². The number of carbonyl (C=O) groups excluding carboxylic acids is 2. The van der Waals surface area contributed by atoms with Crippen molar-refractivity contribution < 1.29 is 23.8 Å². The largest absolute Gasteiger partial charge is 0.497 e. The Balaban J connectivity index is 2.02. The van der Waals surface area contributed by atoms with Gasteiger partial charge in [-0.3, -0.25) is 9.59 Å². The lowest BCUT2D eigenvalue weighted by atomic mass is 10.1. The van der Waals surface area contributed by atoms with E-state index in [2.05, 4.69) is 0 Å². The maximum Gasteiger partial charge on any atom is 0.309 e. The van der Waals surface area contributed by atoms with E-state index in [9.17, 15) is 9.59 Å². The van der Waals surface area contributed by atoms with Crippen LogP contribution in [0, 0.1) is 5.92 Å². The van der Waals surface area contributed by atoms with Crippen LogP contribution in [0.15, 0.2) is 18.2 Å². The number of methoxy groups -OCH3 is 2. The molecule has 1 fully saturated rings. The molecule has 0 N–H and O–H groups in total. The number of carbonyl (C=O) groups is 2. The summed E-state index contributed by atoms with van der Waals surface area (Å²) in [5.41, 5.74) is 0.381. The molecule has 0 saturated heterocycles. The van der Waals surface area contributed by atoms with Crippen molar-refractivity contribution in [3.05, 3.63) is 23.8 Å². The molecule has 5 heteroatoms. The number of hydrogen-bond acceptors (Lipinski definition) is 5. The lowest BCUT2D eigenvalue weighted by Crippen LogP contribution is -2.15. The number of rotatable bonds is 6. The summed E-state index contributed by atoms with van der Waals surface area (Å²) < 4.78 is 15.1. The van der Waals surface area contributed by atoms with Crippen LogP contribution in [0.5, 0.6) is 11.5 Å². The maximum absolute atomic E-state index is 12.0. The Bertz CT molecular complexity index is 491. The summed E-state index contributed by atoms with van der Waals surface area (Å²) >= 11 is 0. The molecular formula is C14H16O5. The Morgan fingerprint density at radius 3 is 2.53 bits per heavy atom. The first kappa shape index (κ1) is 13.4. The lowest BCUT2D eigenvalue weighted by molar-refractivity contribution is -0.144. The van der Waals surface area contributed by atoms with Crippen molar-refractivity contribution in [2.75, 3.05) is 20.8 Å². The molecule has 102 valence electrons. The summed E-state index contributed by atoms with van der Waals surface area (Å²) in [4.78, 5) is 23.3. The minimum Gasteiger partial charge on any atom is -0.497 e. The van der Waals surface area contributed by atoms with Gasteiger partial charge in [0.15, 0.2) is 6.61 Å². The lowest BCUT2D eigenvalue weighted by Gasteiger charge is -2.09. The monoisotopic (exact) mass is 264 g/mol. The zero-order valence-electron chi connectivity index (χ0n) is 11.0. The van der Waals surface area contributed by atoms with E-state index in [1.54, 1.807) is 18.2 Å². The van der Waals surface area contributed by atoms with E-state index in [0.717, 1.165) is 12.8 Å². The predicted octanol–water partition coefficient (Wildman–Crippen LogP) is 1.84. The van der Waals surface area contributed by atoms with Gasteiger partial charge in [-0.15, -0.1) is 0 Å². The van der Waals surface area contributed by atoms with Crippen LogP contribution in [0.4, 0.5) is 0 Å². The van der Waals surface area contributed by atoms with Gasteiger partial charge in [-0.2, -0.15) is 0 Å². The molecule has 0 unspecified atom stereocenters. The molecule has 0 heterocycles. The van der Waals surface area contributed by atoms with Gasteiger partial charge in [-0.05, 0) is 25.0 Å². The standard InChI is InChI=1S/C14H16O5/c1-17-10-5-6-11(13(7-10)18-2)12(15)8-19-14(16)9-3-4-9/h5-7,9H,3-4,8H2,1-2H3. The third-order valence-electron chi connectivity index (χ3n) is 2.97. The van der Waals surface area contributed by atoms with Gasteiger partial charge in [0.05, 0.1) is 25.7 Å². The highest BCUT2D eigenvalue weighted by atomic mass is 16.5. The van der Waals surface area contributed by atoms with E-state index < -0.39 is 0 Å². The van der Waals surface area contributed by atoms with Crippen molar-refractivity contribution in [2.24, 2.45) is 5.92 Å². The van der Waals surface area contributed by atoms with Crippen LogP contribution in [0.25, 0.3) is 0 Å². The maximum atomic E-state index is 12.0. The van der Waals surface area contributed by atoms with Gasteiger partial charge in [0.25, 0.3) is 0 Å². The van der Waals surface area contributed by atoms with Gasteiger partial charge >= 0.3 is 5.97 Å². The summed E-state index contributed by atoms with van der Waals surface area (Å²) in [5.74, 6) is 0.426. The molecule has 1 saturated carbocycles. The van der Waals surface area contributed by atoms with Crippen molar-refractivity contribution in [3.8, 4) is 11.5 Å². The Kier molecular flexibility index (Phi) is 4.04. The van der Waals surface area contributed by atoms with Crippen LogP contribution in [0.2, 0.25) is 0 Å². The highest BCUT2D eigenvalue weighted by Crippen LogP contribution is 2.30. The second kappa shape index (κ2) is 5.73. The average molecular weight is 264 g/mol. The van der Waals surface area contributed by atoms with Crippen LogP contribution in [0.1, 0.15) is 23.2 Å². The highest BCUT2D eigenvalue weighted by Gasteiger charge is 2.31. The summed E-state index contributed by atoms with van der Waals surface area (Å²) in [7, 11) is 3.01. The summed E-state index contributed by atoms with van der Waals surface area (Å²) in [5, 5.41) is 0. The van der Waals surface area contributed by atoms with Gasteiger partial charge in [0.1, 0.15) is 11.5 Å². The molecule has 2 rings (SSSR count). The summed E-state index contributed by atoms with van der Waals surface area (Å²) in [6.07, 6.45) is 1.72. The van der Waals surface area contributed by atoms with Gasteiger partial charge in [-0.1, -0.05) is 0 Å². The van der Waals surface area contributed by atoms with E-state index in [1.165, 1.54) is 14.2 Å². The fraction of sp³-hybridized carbons (Fsp3) is 0.429. The molecule has 0 aliphatic heterocycles. The molecule has 0 bridgehead atoms. The van der Waals surface area contributed by atoms with Gasteiger partial charge in [0, 0.05) is 6.07 Å². The molecule has 1 aromatic rings. The quantitative estimate of drug-likeness (QED) is 0.579. The minimum atomic E-state index is -0.291. The third kappa shape index (κ3) is 3.24. The molecule has 0 atom stereocenters. The molecule has 0 amide bonds. The Labute approximate surface area is 111 Å². The van der Waals surface area contributed by atoms with E-state index in [-0.39, 0.29) is 24.3 Å². The SMILES string of the molecule is COc1ccc(C(=O)COC(=O)C2CC2)c(OC)c1. The predicted molar refractivity (Wildman–Crippen MR) is 67.6 cm³/mol. The van der Waals surface area contributed by atoms with Crippen LogP contribution in [0.3, 0.4) is 0 Å². The minimum absolute atomic E-state index is 0.00874. The van der Waals surface area contributed by atoms with Crippen LogP contribution in [-0.4, -0.2) is 32.6 Å². The molecule has 19 heavy (non-hydrogen) atoms. The fourth-order valence-electron chi connectivity index (χ4n) is 1.68. The second-order valence-corrected chi connectivity index (χ2v) is 4.37. The number of ketones is 1. The van der Waals surface area contributed by atoms with Crippen molar-refractivity contribution in [1.82, 2.24) is 0 Å². The third-order valence-corrected chi connectivity index (χ3v) is 2.97. The number of hydrogen-bond donors (Lipinski definition) is 0. The number of esters is 1. The van der Waals surface area contributed by atoms with Crippen molar-refractivity contribution in [3.63, 3.8) is 0 Å². The number of Topliss-reactive ketones (excluding diaryl/α,β-unsaturated/α-hetero) is 1. The summed E-state index contributed by atoms with van der Waals surface area (Å²) in [6.45, 7) is -0.252. The second-order valence-electron chi connectivity index (χ2n) is 4.37. The van der Waals surface area contributed by atoms with Crippen LogP contribution in [-0.2, 0) is 9.53 Å². The number of ether oxygens (including phenoxy) is 3. The topological polar surface area (TPSA) is 61.8 Å². The summed E-state index contributed by atoms with van der Waals surface area (Å²) in [6, 6.07) is 4.89. The Morgan fingerprint density at radius 2 is 1.95 bits per heavy atom. The highest BCUT2D eigenvalue weighted by molar-refractivity contribution is 6.00. The van der Waals surface area contributed by atoms with Gasteiger partial charge in [-0.25, -0.2) is 0 Å². The van der Waals surface area contributed by atoms with E-state index >= 15 is 0 Å². The first-order valence-corrected chi connectivity index (χ1v) is 6.07. The first-order chi connectivity index (χ1) is 9.15. The normalized spacial score (nSPS) is 13.8. The van der Waals surface area contributed by atoms with Crippen molar-refractivity contribution in [2.45, 2.75) is 12.8 Å². The molecule has 1 aliphatic rings. The van der Waals surface area contributed by atoms with E-state index in [0.29, 0.717) is 17.1 Å². The van der Waals surface area contributed by atoms with E-state index in [4.69, 9.17) is 14.2 Å². The molecule has 0 spiro atoms. The Morgan fingerprint density at radius 1 is 1.21 bits per heavy atom. The molecule has 0 aromatic heterocycles. The molecule has 5 nitrogen and oxygen atoms in total. The van der Waals surface area contributed by atoms with Crippen molar-refractivity contribution in [1.29, 1.82) is 0 Å². The fourth-order valence-corrected chi connectivity index (χ4v) is 1.68. The molecule has 1 aromatic carbocycles. The molecular weight excluding hydrogens is 248 g/mol. The number of benzene rings is 1. The molecule has 1 aliphatic carbocycles. The first-order valence-electron chi connectivity index (χ1n) is 6.07. The van der Waals surface area contributed by atoms with Crippen LogP contribution >= 0.6 is 0 Å². The smallest absolute Gasteiger partial charge is 0.309 e.